The summed E-state index contributed by atoms with van der Waals surface area (Å²) in [7, 11) is 0. The Labute approximate surface area is 250 Å². The van der Waals surface area contributed by atoms with E-state index in [1.807, 2.05) is 48.7 Å². The number of benzene rings is 4. The van der Waals surface area contributed by atoms with E-state index in [9.17, 15) is 0 Å². The number of nitrogens with one attached hydrogen (secondary N) is 1. The molecule has 0 aliphatic carbocycles. The van der Waals surface area contributed by atoms with Crippen molar-refractivity contribution in [3.63, 3.8) is 0 Å². The average molecular weight is 575 g/mol. The Hall–Kier alpha value is -4.02. The molecule has 0 radical (unpaired) electrons. The lowest BCUT2D eigenvalue weighted by Crippen LogP contribution is -2.17. The summed E-state index contributed by atoms with van der Waals surface area (Å²) < 4.78 is 0. The predicted molar refractivity (Wildman–Crippen MR) is 171 cm³/mol. The van der Waals surface area contributed by atoms with Crippen molar-refractivity contribution in [1.82, 2.24) is 15.3 Å². The van der Waals surface area contributed by atoms with E-state index in [0.29, 0.717) is 11.6 Å². The standard InChI is InChI=1S/C36H29Cl2N3/c37-30-14-11-26(12-15-30)36(29-9-5-18-39-23-29)28-13-16-35-34(21-28)33(27-8-4-10-31(38)20-27)22-32(41-35)24-40-19-17-25-6-2-1-3-7-25/h1-16,18,20-23,36,40H,17,19,24H2. The number of pyridine rings is 2. The lowest BCUT2D eigenvalue weighted by atomic mass is 9.85. The van der Waals surface area contributed by atoms with Crippen LogP contribution in [0.4, 0.5) is 0 Å². The van der Waals surface area contributed by atoms with Crippen LogP contribution in [0.2, 0.25) is 10.0 Å². The molecular weight excluding hydrogens is 545 g/mol. The highest BCUT2D eigenvalue weighted by Gasteiger charge is 2.19. The second-order valence-corrected chi connectivity index (χ2v) is 11.0. The lowest BCUT2D eigenvalue weighted by Gasteiger charge is -2.20. The molecule has 6 rings (SSSR count). The van der Waals surface area contributed by atoms with Crippen LogP contribution in [-0.2, 0) is 13.0 Å². The van der Waals surface area contributed by atoms with Crippen molar-refractivity contribution in [2.45, 2.75) is 18.9 Å². The molecule has 2 aromatic heterocycles. The van der Waals surface area contributed by atoms with E-state index >= 15 is 0 Å². The van der Waals surface area contributed by atoms with Gasteiger partial charge in [0, 0.05) is 40.3 Å². The minimum absolute atomic E-state index is 0.00286. The monoisotopic (exact) mass is 573 g/mol. The van der Waals surface area contributed by atoms with E-state index < -0.39 is 0 Å². The maximum atomic E-state index is 6.46. The van der Waals surface area contributed by atoms with Crippen LogP contribution < -0.4 is 5.32 Å². The molecule has 3 nitrogen and oxygen atoms in total. The molecule has 1 N–H and O–H groups in total. The summed E-state index contributed by atoms with van der Waals surface area (Å²) in [5.74, 6) is -0.00286. The summed E-state index contributed by atoms with van der Waals surface area (Å²) in [6, 6.07) is 39.5. The first-order valence-corrected chi connectivity index (χ1v) is 14.5. The Morgan fingerprint density at radius 1 is 0.683 bits per heavy atom. The van der Waals surface area contributed by atoms with E-state index in [1.165, 1.54) is 5.56 Å². The van der Waals surface area contributed by atoms with Crippen LogP contribution in [0.5, 0.6) is 0 Å². The molecule has 5 heteroatoms. The smallest absolute Gasteiger partial charge is 0.0712 e. The zero-order valence-electron chi connectivity index (χ0n) is 22.5. The Balaban J connectivity index is 1.40. The molecule has 0 spiro atoms. The number of aromatic nitrogens is 2. The van der Waals surface area contributed by atoms with Gasteiger partial charge in [-0.25, -0.2) is 0 Å². The summed E-state index contributed by atoms with van der Waals surface area (Å²) in [6.07, 6.45) is 4.71. The number of fused-ring (bicyclic) bond motifs is 1. The fourth-order valence-electron chi connectivity index (χ4n) is 5.34. The second-order valence-electron chi connectivity index (χ2n) is 10.1. The van der Waals surface area contributed by atoms with Gasteiger partial charge in [0.2, 0.25) is 0 Å². The van der Waals surface area contributed by atoms with Gasteiger partial charge < -0.3 is 5.32 Å². The summed E-state index contributed by atoms with van der Waals surface area (Å²) in [6.45, 7) is 1.56. The van der Waals surface area contributed by atoms with E-state index in [1.54, 1.807) is 6.20 Å². The molecular formula is C36H29Cl2N3. The van der Waals surface area contributed by atoms with Crippen molar-refractivity contribution >= 4 is 34.1 Å². The molecule has 0 bridgehead atoms. The highest BCUT2D eigenvalue weighted by atomic mass is 35.5. The fraction of sp³-hybridized carbons (Fsp3) is 0.111. The quantitative estimate of drug-likeness (QED) is 0.175. The fourth-order valence-corrected chi connectivity index (χ4v) is 5.65. The molecule has 4 aromatic carbocycles. The first-order chi connectivity index (χ1) is 20.1. The first-order valence-electron chi connectivity index (χ1n) is 13.7. The minimum Gasteiger partial charge on any atom is -0.311 e. The molecule has 41 heavy (non-hydrogen) atoms. The number of nitrogens with zero attached hydrogens (tertiary/aromatic N) is 2. The highest BCUT2D eigenvalue weighted by Crippen LogP contribution is 2.37. The third kappa shape index (κ3) is 6.49. The van der Waals surface area contributed by atoms with Crippen LogP contribution in [0, 0.1) is 0 Å². The molecule has 202 valence electrons. The van der Waals surface area contributed by atoms with Gasteiger partial charge in [0.25, 0.3) is 0 Å². The van der Waals surface area contributed by atoms with Crippen molar-refractivity contribution in [2.24, 2.45) is 0 Å². The molecule has 0 aliphatic rings. The minimum atomic E-state index is -0.00286. The summed E-state index contributed by atoms with van der Waals surface area (Å²) in [4.78, 5) is 9.48. The van der Waals surface area contributed by atoms with Crippen LogP contribution in [-0.4, -0.2) is 16.5 Å². The maximum absolute atomic E-state index is 6.46. The van der Waals surface area contributed by atoms with Crippen molar-refractivity contribution in [3.05, 3.63) is 166 Å². The van der Waals surface area contributed by atoms with Gasteiger partial charge in [-0.05, 0) is 94.9 Å². The lowest BCUT2D eigenvalue weighted by molar-refractivity contribution is 0.677. The van der Waals surface area contributed by atoms with Gasteiger partial charge in [0.1, 0.15) is 0 Å². The average Bonchev–Trinajstić information content (AvgIpc) is 3.01. The Kier molecular flexibility index (Phi) is 8.39. The molecule has 0 aliphatic heterocycles. The van der Waals surface area contributed by atoms with Crippen LogP contribution in [0.1, 0.15) is 33.9 Å². The normalized spacial score (nSPS) is 12.0. The topological polar surface area (TPSA) is 37.8 Å². The molecule has 2 heterocycles. The maximum Gasteiger partial charge on any atom is 0.0712 e. The van der Waals surface area contributed by atoms with Crippen molar-refractivity contribution < 1.29 is 0 Å². The Bertz CT molecular complexity index is 1750. The van der Waals surface area contributed by atoms with Gasteiger partial charge in [-0.15, -0.1) is 0 Å². The molecule has 0 saturated heterocycles. The second kappa shape index (κ2) is 12.7. The van der Waals surface area contributed by atoms with Crippen LogP contribution in [0.25, 0.3) is 22.0 Å². The number of hydrogen-bond donors (Lipinski definition) is 1. The SMILES string of the molecule is Clc1ccc(C(c2cccnc2)c2ccc3nc(CNCCc4ccccc4)cc(-c4cccc(Cl)c4)c3c2)cc1. The Morgan fingerprint density at radius 2 is 1.51 bits per heavy atom. The Morgan fingerprint density at radius 3 is 2.29 bits per heavy atom. The summed E-state index contributed by atoms with van der Waals surface area (Å²) in [5, 5.41) is 6.09. The van der Waals surface area contributed by atoms with E-state index in [2.05, 4.69) is 83.1 Å². The van der Waals surface area contributed by atoms with Gasteiger partial charge in [0.05, 0.1) is 11.2 Å². The molecule has 6 aromatic rings. The number of halogens is 2. The highest BCUT2D eigenvalue weighted by molar-refractivity contribution is 6.31. The van der Waals surface area contributed by atoms with Crippen LogP contribution in [0.15, 0.2) is 128 Å². The van der Waals surface area contributed by atoms with E-state index in [-0.39, 0.29) is 5.92 Å². The molecule has 0 fully saturated rings. The number of rotatable bonds is 9. The zero-order chi connectivity index (χ0) is 28.0. The van der Waals surface area contributed by atoms with Crippen molar-refractivity contribution in [3.8, 4) is 11.1 Å². The molecule has 0 amide bonds. The van der Waals surface area contributed by atoms with Crippen molar-refractivity contribution in [1.29, 1.82) is 0 Å². The van der Waals surface area contributed by atoms with Crippen molar-refractivity contribution in [2.75, 3.05) is 6.54 Å². The van der Waals surface area contributed by atoms with Gasteiger partial charge in [0.15, 0.2) is 0 Å². The van der Waals surface area contributed by atoms with Gasteiger partial charge >= 0.3 is 0 Å². The number of hydrogen-bond acceptors (Lipinski definition) is 3. The first kappa shape index (κ1) is 27.2. The summed E-state index contributed by atoms with van der Waals surface area (Å²) in [5.41, 5.74) is 8.87. The third-order valence-electron chi connectivity index (χ3n) is 7.32. The van der Waals surface area contributed by atoms with E-state index in [0.717, 1.165) is 62.4 Å². The van der Waals surface area contributed by atoms with Gasteiger partial charge in [-0.3, -0.25) is 9.97 Å². The molecule has 1 unspecified atom stereocenters. The molecule has 1 atom stereocenters. The largest absolute Gasteiger partial charge is 0.311 e. The third-order valence-corrected chi connectivity index (χ3v) is 7.80. The van der Waals surface area contributed by atoms with Gasteiger partial charge in [-0.2, -0.15) is 0 Å². The van der Waals surface area contributed by atoms with E-state index in [4.69, 9.17) is 28.2 Å². The van der Waals surface area contributed by atoms with Gasteiger partial charge in [-0.1, -0.05) is 89.9 Å². The molecule has 0 saturated carbocycles. The predicted octanol–water partition coefficient (Wildman–Crippen LogP) is 9.12. The van der Waals surface area contributed by atoms with Crippen LogP contribution in [0.3, 0.4) is 0 Å². The van der Waals surface area contributed by atoms with Crippen LogP contribution >= 0.6 is 23.2 Å². The zero-order valence-corrected chi connectivity index (χ0v) is 24.0. The summed E-state index contributed by atoms with van der Waals surface area (Å²) >= 11 is 12.7.